The van der Waals surface area contributed by atoms with Gasteiger partial charge >= 0.3 is 0 Å². The highest BCUT2D eigenvalue weighted by molar-refractivity contribution is 6.14. The molecule has 276 valence electrons. The summed E-state index contributed by atoms with van der Waals surface area (Å²) in [7, 11) is 0. The fourth-order valence-corrected chi connectivity index (χ4v) is 9.00. The number of anilines is 3. The van der Waals surface area contributed by atoms with Gasteiger partial charge in [0.1, 0.15) is 0 Å². The van der Waals surface area contributed by atoms with E-state index in [0.29, 0.717) is 0 Å². The molecular formula is C58H39N. The topological polar surface area (TPSA) is 3.24 Å². The van der Waals surface area contributed by atoms with Crippen LogP contribution in [-0.2, 0) is 0 Å². The molecule has 0 saturated heterocycles. The summed E-state index contributed by atoms with van der Waals surface area (Å²) in [5, 5.41) is 10.0. The second-order valence-electron chi connectivity index (χ2n) is 15.3. The van der Waals surface area contributed by atoms with Crippen LogP contribution in [0.1, 0.15) is 0 Å². The Labute approximate surface area is 344 Å². The molecule has 0 fully saturated rings. The average molecular weight is 750 g/mol. The van der Waals surface area contributed by atoms with Gasteiger partial charge in [-0.1, -0.05) is 200 Å². The first-order valence-corrected chi connectivity index (χ1v) is 20.3. The lowest BCUT2D eigenvalue weighted by atomic mass is 9.92. The molecule has 0 atom stereocenters. The van der Waals surface area contributed by atoms with Gasteiger partial charge in [0, 0.05) is 16.9 Å². The third-order valence-corrected chi connectivity index (χ3v) is 11.9. The SMILES string of the molecule is c1ccc(-c2ccc(-c3cccc4ccccc34)cc2N(c2ccc(-c3cccc4ccccc34)cc2)c2ccc(-c3cc4ccccc4c4ccccc34)cc2)cc1. The Bertz CT molecular complexity index is 3300. The van der Waals surface area contributed by atoms with Crippen molar-refractivity contribution in [2.75, 3.05) is 4.90 Å². The Morgan fingerprint density at radius 3 is 1.29 bits per heavy atom. The van der Waals surface area contributed by atoms with Crippen LogP contribution in [0.15, 0.2) is 237 Å². The van der Waals surface area contributed by atoms with Crippen molar-refractivity contribution in [2.24, 2.45) is 0 Å². The molecule has 11 rings (SSSR count). The fraction of sp³-hybridized carbons (Fsp3) is 0. The van der Waals surface area contributed by atoms with E-state index in [2.05, 4.69) is 241 Å². The molecule has 11 aromatic rings. The van der Waals surface area contributed by atoms with Gasteiger partial charge in [-0.3, -0.25) is 0 Å². The van der Waals surface area contributed by atoms with Gasteiger partial charge < -0.3 is 4.90 Å². The minimum Gasteiger partial charge on any atom is -0.310 e. The van der Waals surface area contributed by atoms with Crippen LogP contribution in [0.25, 0.3) is 87.6 Å². The zero-order valence-corrected chi connectivity index (χ0v) is 32.5. The second-order valence-corrected chi connectivity index (χ2v) is 15.3. The van der Waals surface area contributed by atoms with E-state index in [1.165, 1.54) is 82.0 Å². The molecule has 0 amide bonds. The zero-order chi connectivity index (χ0) is 39.1. The van der Waals surface area contributed by atoms with Crippen LogP contribution in [0.2, 0.25) is 0 Å². The van der Waals surface area contributed by atoms with E-state index in [-0.39, 0.29) is 0 Å². The lowest BCUT2D eigenvalue weighted by Gasteiger charge is -2.29. The molecule has 0 bridgehead atoms. The molecular weight excluding hydrogens is 711 g/mol. The lowest BCUT2D eigenvalue weighted by Crippen LogP contribution is -2.11. The summed E-state index contributed by atoms with van der Waals surface area (Å²) >= 11 is 0. The highest BCUT2D eigenvalue weighted by Gasteiger charge is 2.20. The van der Waals surface area contributed by atoms with Crippen molar-refractivity contribution in [2.45, 2.75) is 0 Å². The van der Waals surface area contributed by atoms with Crippen LogP contribution in [-0.4, -0.2) is 0 Å². The molecule has 0 aliphatic carbocycles. The lowest BCUT2D eigenvalue weighted by molar-refractivity contribution is 1.28. The summed E-state index contributed by atoms with van der Waals surface area (Å²) in [6.45, 7) is 0. The highest BCUT2D eigenvalue weighted by Crippen LogP contribution is 2.45. The van der Waals surface area contributed by atoms with Crippen molar-refractivity contribution < 1.29 is 0 Å². The average Bonchev–Trinajstić information content (AvgIpc) is 3.32. The van der Waals surface area contributed by atoms with Gasteiger partial charge in [0.05, 0.1) is 5.69 Å². The fourth-order valence-electron chi connectivity index (χ4n) is 9.00. The van der Waals surface area contributed by atoms with Crippen LogP contribution >= 0.6 is 0 Å². The molecule has 1 nitrogen and oxygen atoms in total. The van der Waals surface area contributed by atoms with E-state index < -0.39 is 0 Å². The third kappa shape index (κ3) is 6.21. The van der Waals surface area contributed by atoms with E-state index >= 15 is 0 Å². The van der Waals surface area contributed by atoms with Crippen molar-refractivity contribution in [1.29, 1.82) is 0 Å². The molecule has 0 aliphatic heterocycles. The first-order chi connectivity index (χ1) is 29.3. The first kappa shape index (κ1) is 34.5. The zero-order valence-electron chi connectivity index (χ0n) is 32.5. The summed E-state index contributed by atoms with van der Waals surface area (Å²) in [5.74, 6) is 0. The number of nitrogens with zero attached hydrogens (tertiary/aromatic N) is 1. The molecule has 0 spiro atoms. The maximum absolute atomic E-state index is 2.44. The molecule has 11 aromatic carbocycles. The summed E-state index contributed by atoms with van der Waals surface area (Å²) in [6.07, 6.45) is 0. The summed E-state index contributed by atoms with van der Waals surface area (Å²) in [4.78, 5) is 2.44. The van der Waals surface area contributed by atoms with Crippen LogP contribution in [0, 0.1) is 0 Å². The van der Waals surface area contributed by atoms with E-state index in [0.717, 1.165) is 22.6 Å². The van der Waals surface area contributed by atoms with Crippen molar-refractivity contribution in [3.05, 3.63) is 237 Å². The van der Waals surface area contributed by atoms with Crippen molar-refractivity contribution >= 4 is 60.2 Å². The maximum atomic E-state index is 2.44. The van der Waals surface area contributed by atoms with E-state index in [4.69, 9.17) is 0 Å². The third-order valence-electron chi connectivity index (χ3n) is 11.9. The van der Waals surface area contributed by atoms with Gasteiger partial charge in [-0.05, 0) is 118 Å². The number of hydrogen-bond acceptors (Lipinski definition) is 1. The highest BCUT2D eigenvalue weighted by atomic mass is 15.1. The second kappa shape index (κ2) is 14.6. The monoisotopic (exact) mass is 749 g/mol. The number of fused-ring (bicyclic) bond motifs is 5. The molecule has 59 heavy (non-hydrogen) atoms. The Morgan fingerprint density at radius 1 is 0.220 bits per heavy atom. The van der Waals surface area contributed by atoms with Crippen molar-refractivity contribution in [3.8, 4) is 44.5 Å². The summed E-state index contributed by atoms with van der Waals surface area (Å²) in [5.41, 5.74) is 12.9. The van der Waals surface area contributed by atoms with Gasteiger partial charge in [0.15, 0.2) is 0 Å². The Hall–Kier alpha value is -7.74. The maximum Gasteiger partial charge on any atom is 0.0546 e. The minimum absolute atomic E-state index is 1.09. The number of rotatable bonds is 7. The van der Waals surface area contributed by atoms with Gasteiger partial charge in [-0.2, -0.15) is 0 Å². The summed E-state index contributed by atoms with van der Waals surface area (Å²) in [6, 6.07) is 86.3. The van der Waals surface area contributed by atoms with Crippen molar-refractivity contribution in [3.63, 3.8) is 0 Å². The van der Waals surface area contributed by atoms with Crippen LogP contribution in [0.4, 0.5) is 17.1 Å². The van der Waals surface area contributed by atoms with Gasteiger partial charge in [0.25, 0.3) is 0 Å². The molecule has 0 radical (unpaired) electrons. The quantitative estimate of drug-likeness (QED) is 0.147. The van der Waals surface area contributed by atoms with E-state index in [1.807, 2.05) is 0 Å². The molecule has 0 aliphatic rings. The molecule has 1 heteroatoms. The van der Waals surface area contributed by atoms with Gasteiger partial charge in [-0.25, -0.2) is 0 Å². The predicted octanol–water partition coefficient (Wildman–Crippen LogP) is 16.4. The molecule has 0 unspecified atom stereocenters. The smallest absolute Gasteiger partial charge is 0.0546 e. The molecule has 0 N–H and O–H groups in total. The number of hydrogen-bond donors (Lipinski definition) is 0. The van der Waals surface area contributed by atoms with Crippen molar-refractivity contribution in [1.82, 2.24) is 0 Å². The molecule has 0 saturated carbocycles. The Balaban J connectivity index is 1.11. The first-order valence-electron chi connectivity index (χ1n) is 20.3. The summed E-state index contributed by atoms with van der Waals surface area (Å²) < 4.78 is 0. The Kier molecular flexibility index (Phi) is 8.56. The normalized spacial score (nSPS) is 11.4. The molecule has 0 heterocycles. The van der Waals surface area contributed by atoms with E-state index in [1.54, 1.807) is 0 Å². The van der Waals surface area contributed by atoms with Crippen LogP contribution < -0.4 is 4.90 Å². The number of benzene rings is 11. The predicted molar refractivity (Wildman–Crippen MR) is 253 cm³/mol. The van der Waals surface area contributed by atoms with Gasteiger partial charge in [-0.15, -0.1) is 0 Å². The van der Waals surface area contributed by atoms with Gasteiger partial charge in [0.2, 0.25) is 0 Å². The minimum atomic E-state index is 1.09. The van der Waals surface area contributed by atoms with Crippen LogP contribution in [0.3, 0.4) is 0 Å². The largest absolute Gasteiger partial charge is 0.310 e. The standard InChI is InChI=1S/C58H39N/c1-2-14-42(15-3-1)54-37-32-46(52-27-13-20-41-17-5-8-22-50(41)52)39-58(54)59(47-33-28-43(29-34-47)51-26-12-19-40-16-4-7-21-49(40)51)48-35-30-44(31-36-48)57-38-45-18-6-9-23-53(45)55-24-10-11-25-56(55)57/h1-39H. The molecule has 0 aromatic heterocycles. The Morgan fingerprint density at radius 2 is 0.661 bits per heavy atom. The van der Waals surface area contributed by atoms with E-state index in [9.17, 15) is 0 Å². The van der Waals surface area contributed by atoms with Crippen LogP contribution in [0.5, 0.6) is 0 Å².